The molecule has 1 aromatic heterocycles. The molecule has 3 N–H and O–H groups in total. The van der Waals surface area contributed by atoms with Gasteiger partial charge in [0.25, 0.3) is 5.91 Å². The summed E-state index contributed by atoms with van der Waals surface area (Å²) in [6.07, 6.45) is -2.91. The first-order valence-corrected chi connectivity index (χ1v) is 6.78. The van der Waals surface area contributed by atoms with Crippen LogP contribution < -0.4 is 15.8 Å². The van der Waals surface area contributed by atoms with Crippen molar-refractivity contribution in [1.29, 1.82) is 0 Å². The van der Waals surface area contributed by atoms with Crippen molar-refractivity contribution in [3.05, 3.63) is 53.5 Å². The zero-order chi connectivity index (χ0) is 16.9. The van der Waals surface area contributed by atoms with Crippen LogP contribution in [0.15, 0.2) is 41.0 Å². The largest absolute Gasteiger partial charge is 0.573 e. The lowest BCUT2D eigenvalue weighted by atomic mass is 10.1. The van der Waals surface area contributed by atoms with E-state index in [0.717, 1.165) is 5.56 Å². The number of hydrogen-bond acceptors (Lipinski definition) is 4. The van der Waals surface area contributed by atoms with Crippen molar-refractivity contribution >= 4 is 5.91 Å². The monoisotopic (exact) mass is 328 g/mol. The Bertz CT molecular complexity index is 651. The summed E-state index contributed by atoms with van der Waals surface area (Å²) in [5.41, 5.74) is 6.53. The van der Waals surface area contributed by atoms with E-state index in [2.05, 4.69) is 10.1 Å². The minimum Gasteiger partial charge on any atom is -0.467 e. The molecule has 0 aliphatic carbocycles. The van der Waals surface area contributed by atoms with Crippen LogP contribution in [0.2, 0.25) is 0 Å². The molecule has 0 aliphatic rings. The van der Waals surface area contributed by atoms with Crippen molar-refractivity contribution in [2.45, 2.75) is 19.3 Å². The normalized spacial score (nSPS) is 11.3. The molecular formula is C15H15F3N2O3. The van der Waals surface area contributed by atoms with E-state index < -0.39 is 6.36 Å². The number of hydrogen-bond donors (Lipinski definition) is 2. The Morgan fingerprint density at radius 2 is 1.96 bits per heavy atom. The molecule has 124 valence electrons. The van der Waals surface area contributed by atoms with Gasteiger partial charge < -0.3 is 20.2 Å². The van der Waals surface area contributed by atoms with Gasteiger partial charge in [0, 0.05) is 6.54 Å². The number of nitrogens with one attached hydrogen (secondary N) is 1. The summed E-state index contributed by atoms with van der Waals surface area (Å²) in [6.45, 7) is 0.543. The fourth-order valence-electron chi connectivity index (χ4n) is 1.89. The summed E-state index contributed by atoms with van der Waals surface area (Å²) in [5.74, 6) is -0.0705. The molecule has 5 nitrogen and oxygen atoms in total. The summed E-state index contributed by atoms with van der Waals surface area (Å²) in [6, 6.07) is 7.04. The second kappa shape index (κ2) is 7.19. The molecule has 0 atom stereocenters. The first-order valence-electron chi connectivity index (χ1n) is 6.78. The fraction of sp³-hybridized carbons (Fsp3) is 0.267. The van der Waals surface area contributed by atoms with Gasteiger partial charge in [0.1, 0.15) is 17.8 Å². The second-order valence-corrected chi connectivity index (χ2v) is 4.70. The summed E-state index contributed by atoms with van der Waals surface area (Å²) in [4.78, 5) is 11.8. The average molecular weight is 328 g/mol. The molecule has 23 heavy (non-hydrogen) atoms. The summed E-state index contributed by atoms with van der Waals surface area (Å²) in [5, 5.41) is 2.69. The van der Waals surface area contributed by atoms with Gasteiger partial charge in [-0.3, -0.25) is 4.79 Å². The predicted octanol–water partition coefficient (Wildman–Crippen LogP) is 2.61. The number of amides is 1. The fourth-order valence-corrected chi connectivity index (χ4v) is 1.89. The number of alkyl halides is 3. The SMILES string of the molecule is NCc1cc(C(=O)NCCc2ccc(OC(F)(F)F)cc2)co1. The van der Waals surface area contributed by atoms with Gasteiger partial charge in [0.05, 0.1) is 12.1 Å². The molecular weight excluding hydrogens is 313 g/mol. The number of carbonyl (C=O) groups excluding carboxylic acids is 1. The van der Waals surface area contributed by atoms with Crippen LogP contribution in [0, 0.1) is 0 Å². The van der Waals surface area contributed by atoms with Gasteiger partial charge in [0.2, 0.25) is 0 Å². The van der Waals surface area contributed by atoms with Gasteiger partial charge >= 0.3 is 6.36 Å². The summed E-state index contributed by atoms with van der Waals surface area (Å²) < 4.78 is 45.0. The molecule has 1 heterocycles. The summed E-state index contributed by atoms with van der Waals surface area (Å²) >= 11 is 0. The highest BCUT2D eigenvalue weighted by atomic mass is 19.4. The maximum Gasteiger partial charge on any atom is 0.573 e. The third-order valence-corrected chi connectivity index (χ3v) is 2.97. The molecule has 0 aliphatic heterocycles. The molecule has 8 heteroatoms. The van der Waals surface area contributed by atoms with Crippen molar-refractivity contribution in [3.8, 4) is 5.75 Å². The number of rotatable bonds is 6. The van der Waals surface area contributed by atoms with Crippen LogP contribution in [0.25, 0.3) is 0 Å². The lowest BCUT2D eigenvalue weighted by Crippen LogP contribution is -2.25. The number of ether oxygens (including phenoxy) is 1. The highest BCUT2D eigenvalue weighted by Gasteiger charge is 2.30. The van der Waals surface area contributed by atoms with Crippen molar-refractivity contribution in [1.82, 2.24) is 5.32 Å². The third-order valence-electron chi connectivity index (χ3n) is 2.97. The Kier molecular flexibility index (Phi) is 5.28. The first-order chi connectivity index (χ1) is 10.9. The average Bonchev–Trinajstić information content (AvgIpc) is 2.96. The number of carbonyl (C=O) groups is 1. The molecule has 1 aromatic carbocycles. The van der Waals surface area contributed by atoms with Crippen LogP contribution >= 0.6 is 0 Å². The van der Waals surface area contributed by atoms with Crippen molar-refractivity contribution < 1.29 is 27.1 Å². The molecule has 0 fully saturated rings. The standard InChI is InChI=1S/C15H15F3N2O3/c16-15(17,18)23-12-3-1-10(2-4-12)5-6-20-14(21)11-7-13(8-19)22-9-11/h1-4,7,9H,5-6,8,19H2,(H,20,21). The molecule has 0 spiro atoms. The molecule has 0 radical (unpaired) electrons. The third kappa shape index (κ3) is 5.33. The van der Waals surface area contributed by atoms with E-state index in [1.165, 1.54) is 30.5 Å². The zero-order valence-corrected chi connectivity index (χ0v) is 12.0. The van der Waals surface area contributed by atoms with E-state index >= 15 is 0 Å². The van der Waals surface area contributed by atoms with Crippen molar-refractivity contribution in [2.75, 3.05) is 6.54 Å². The van der Waals surface area contributed by atoms with Gasteiger partial charge in [0.15, 0.2) is 0 Å². The van der Waals surface area contributed by atoms with Gasteiger partial charge in [-0.05, 0) is 30.2 Å². The number of furan rings is 1. The van der Waals surface area contributed by atoms with Crippen LogP contribution in [-0.4, -0.2) is 18.8 Å². The van der Waals surface area contributed by atoms with Gasteiger partial charge in [-0.2, -0.15) is 0 Å². The minimum absolute atomic E-state index is 0.208. The van der Waals surface area contributed by atoms with E-state index in [1.54, 1.807) is 6.07 Å². The minimum atomic E-state index is -4.71. The Balaban J connectivity index is 1.80. The molecule has 0 bridgehead atoms. The maximum absolute atomic E-state index is 12.0. The highest BCUT2D eigenvalue weighted by molar-refractivity contribution is 5.93. The Hall–Kier alpha value is -2.48. The van der Waals surface area contributed by atoms with Gasteiger partial charge in [-0.1, -0.05) is 12.1 Å². The number of halogens is 3. The van der Waals surface area contributed by atoms with Crippen LogP contribution in [0.1, 0.15) is 21.7 Å². The number of benzene rings is 1. The number of nitrogens with two attached hydrogens (primary N) is 1. The predicted molar refractivity (Wildman–Crippen MR) is 75.8 cm³/mol. The molecule has 0 saturated heterocycles. The van der Waals surface area contributed by atoms with E-state index in [-0.39, 0.29) is 18.2 Å². The van der Waals surface area contributed by atoms with E-state index in [0.29, 0.717) is 24.3 Å². The lowest BCUT2D eigenvalue weighted by Gasteiger charge is -2.09. The van der Waals surface area contributed by atoms with Crippen LogP contribution in [0.4, 0.5) is 13.2 Å². The highest BCUT2D eigenvalue weighted by Crippen LogP contribution is 2.22. The Labute approximate surface area is 130 Å². The molecule has 0 unspecified atom stereocenters. The topological polar surface area (TPSA) is 77.5 Å². The molecule has 0 saturated carbocycles. The van der Waals surface area contributed by atoms with Gasteiger partial charge in [-0.15, -0.1) is 13.2 Å². The quantitative estimate of drug-likeness (QED) is 0.854. The van der Waals surface area contributed by atoms with Crippen molar-refractivity contribution in [2.24, 2.45) is 5.73 Å². The van der Waals surface area contributed by atoms with Crippen molar-refractivity contribution in [3.63, 3.8) is 0 Å². The van der Waals surface area contributed by atoms with Crippen LogP contribution in [-0.2, 0) is 13.0 Å². The Morgan fingerprint density at radius 3 is 2.52 bits per heavy atom. The van der Waals surface area contributed by atoms with E-state index in [9.17, 15) is 18.0 Å². The van der Waals surface area contributed by atoms with Crippen LogP contribution in [0.5, 0.6) is 5.75 Å². The van der Waals surface area contributed by atoms with E-state index in [1.807, 2.05) is 0 Å². The molecule has 2 aromatic rings. The molecule has 1 amide bonds. The van der Waals surface area contributed by atoms with Crippen LogP contribution in [0.3, 0.4) is 0 Å². The van der Waals surface area contributed by atoms with E-state index in [4.69, 9.17) is 10.2 Å². The lowest BCUT2D eigenvalue weighted by molar-refractivity contribution is -0.274. The van der Waals surface area contributed by atoms with Gasteiger partial charge in [-0.25, -0.2) is 0 Å². The zero-order valence-electron chi connectivity index (χ0n) is 12.0. The smallest absolute Gasteiger partial charge is 0.467 e. The molecule has 2 rings (SSSR count). The maximum atomic E-state index is 12.0. The second-order valence-electron chi connectivity index (χ2n) is 4.70. The first kappa shape index (κ1) is 16.9. The summed E-state index contributed by atoms with van der Waals surface area (Å²) in [7, 11) is 0. The Morgan fingerprint density at radius 1 is 1.26 bits per heavy atom.